The van der Waals surface area contributed by atoms with Crippen LogP contribution in [0.4, 0.5) is 11.4 Å². The predicted molar refractivity (Wildman–Crippen MR) is 123 cm³/mol. The molecule has 0 aliphatic carbocycles. The Kier molecular flexibility index (Phi) is 5.90. The van der Waals surface area contributed by atoms with Crippen molar-refractivity contribution in [2.45, 2.75) is 13.0 Å². The van der Waals surface area contributed by atoms with E-state index in [4.69, 9.17) is 24.9 Å². The number of hydrogen-bond acceptors (Lipinski definition) is 9. The van der Waals surface area contributed by atoms with Crippen molar-refractivity contribution in [2.75, 3.05) is 46.0 Å². The van der Waals surface area contributed by atoms with Gasteiger partial charge < -0.3 is 30.2 Å². The summed E-state index contributed by atoms with van der Waals surface area (Å²) in [5.41, 5.74) is 9.23. The molecule has 0 saturated carbocycles. The van der Waals surface area contributed by atoms with E-state index in [2.05, 4.69) is 17.3 Å². The molecule has 0 radical (unpaired) electrons. The second kappa shape index (κ2) is 8.64. The highest BCUT2D eigenvalue weighted by molar-refractivity contribution is 7.21. The van der Waals surface area contributed by atoms with E-state index in [1.807, 2.05) is 6.07 Å². The number of likely N-dealkylation sites (N-methyl/N-ethyl adjacent to an activating group) is 1. The van der Waals surface area contributed by atoms with E-state index in [0.717, 1.165) is 41.0 Å². The van der Waals surface area contributed by atoms with Gasteiger partial charge in [-0.1, -0.05) is 0 Å². The van der Waals surface area contributed by atoms with Crippen LogP contribution in [0.5, 0.6) is 11.5 Å². The number of carbonyl (C=O) groups is 2. The number of amides is 1. The van der Waals surface area contributed by atoms with Gasteiger partial charge in [-0.05, 0) is 18.7 Å². The smallest absolute Gasteiger partial charge is 0.340 e. The summed E-state index contributed by atoms with van der Waals surface area (Å²) in [6, 6.07) is 4.99. The number of nitrogens with one attached hydrogen (secondary N) is 1. The number of ether oxygens (including phenoxy) is 3. The lowest BCUT2D eigenvalue weighted by molar-refractivity contribution is 0.0601. The number of nitrogens with zero attached hydrogens (tertiary/aromatic N) is 2. The minimum absolute atomic E-state index is 0.134. The fourth-order valence-corrected chi connectivity index (χ4v) is 4.74. The number of thiophene rings is 1. The summed E-state index contributed by atoms with van der Waals surface area (Å²) >= 11 is 1.23. The number of fused-ring (bicyclic) bond motifs is 2. The second-order valence-electron chi connectivity index (χ2n) is 7.48. The molecule has 1 aliphatic rings. The summed E-state index contributed by atoms with van der Waals surface area (Å²) in [5.74, 6) is -0.368. The van der Waals surface area contributed by atoms with Gasteiger partial charge in [0.25, 0.3) is 5.91 Å². The molecule has 0 spiro atoms. The lowest BCUT2D eigenvalue weighted by Crippen LogP contribution is -2.27. The first kappa shape index (κ1) is 21.8. The quantitative estimate of drug-likeness (QED) is 0.563. The molecule has 3 heterocycles. The topological polar surface area (TPSA) is 116 Å². The Labute approximate surface area is 189 Å². The Morgan fingerprint density at radius 1 is 1.16 bits per heavy atom. The Hall–Kier alpha value is -3.37. The molecule has 3 N–H and O–H groups in total. The van der Waals surface area contributed by atoms with E-state index in [1.165, 1.54) is 44.8 Å². The van der Waals surface area contributed by atoms with Gasteiger partial charge in [0.05, 0.1) is 38.3 Å². The van der Waals surface area contributed by atoms with Gasteiger partial charge in [0.2, 0.25) is 0 Å². The fourth-order valence-electron chi connectivity index (χ4n) is 3.75. The van der Waals surface area contributed by atoms with Crippen LogP contribution >= 0.6 is 11.3 Å². The highest BCUT2D eigenvalue weighted by Crippen LogP contribution is 2.37. The molecule has 32 heavy (non-hydrogen) atoms. The Morgan fingerprint density at radius 2 is 1.88 bits per heavy atom. The van der Waals surface area contributed by atoms with Gasteiger partial charge in [0.15, 0.2) is 11.5 Å². The van der Waals surface area contributed by atoms with Gasteiger partial charge in [-0.25, -0.2) is 9.78 Å². The van der Waals surface area contributed by atoms with Crippen molar-refractivity contribution in [3.8, 4) is 11.5 Å². The van der Waals surface area contributed by atoms with E-state index < -0.39 is 11.9 Å². The maximum absolute atomic E-state index is 13.2. The molecule has 0 saturated heterocycles. The predicted octanol–water partition coefficient (Wildman–Crippen LogP) is 2.92. The van der Waals surface area contributed by atoms with Crippen molar-refractivity contribution in [3.63, 3.8) is 0 Å². The van der Waals surface area contributed by atoms with E-state index in [1.54, 1.807) is 0 Å². The molecular formula is C22H24N4O5S. The molecule has 168 valence electrons. The number of esters is 1. The third kappa shape index (κ3) is 3.82. The molecular weight excluding hydrogens is 432 g/mol. The SMILES string of the molecule is COC(=O)c1cc(OC)c(OC)cc1NC(=O)c1sc2nc3c(cc2c1N)CN(C)CC3. The first-order valence-corrected chi connectivity index (χ1v) is 10.7. The number of hydrogen-bond donors (Lipinski definition) is 2. The first-order valence-electron chi connectivity index (χ1n) is 9.91. The highest BCUT2D eigenvalue weighted by atomic mass is 32.1. The molecule has 2 aromatic heterocycles. The van der Waals surface area contributed by atoms with Crippen LogP contribution in [-0.4, -0.2) is 56.7 Å². The lowest BCUT2D eigenvalue weighted by Gasteiger charge is -2.24. The van der Waals surface area contributed by atoms with E-state index in [9.17, 15) is 9.59 Å². The van der Waals surface area contributed by atoms with Crippen molar-refractivity contribution >= 4 is 44.8 Å². The molecule has 1 aromatic carbocycles. The molecule has 0 bridgehead atoms. The molecule has 9 nitrogen and oxygen atoms in total. The van der Waals surface area contributed by atoms with Crippen LogP contribution in [-0.2, 0) is 17.7 Å². The van der Waals surface area contributed by atoms with Crippen LogP contribution in [0, 0.1) is 0 Å². The third-order valence-electron chi connectivity index (χ3n) is 5.44. The molecule has 0 unspecified atom stereocenters. The zero-order valence-corrected chi connectivity index (χ0v) is 19.1. The number of carbonyl (C=O) groups excluding carboxylic acids is 2. The summed E-state index contributed by atoms with van der Waals surface area (Å²) in [5, 5.41) is 3.52. The second-order valence-corrected chi connectivity index (χ2v) is 8.48. The Morgan fingerprint density at radius 3 is 2.56 bits per heavy atom. The number of benzene rings is 1. The molecule has 0 atom stereocenters. The van der Waals surface area contributed by atoms with E-state index in [0.29, 0.717) is 22.1 Å². The van der Waals surface area contributed by atoms with Crippen LogP contribution in [0.25, 0.3) is 10.2 Å². The summed E-state index contributed by atoms with van der Waals surface area (Å²) in [7, 11) is 6.25. The highest BCUT2D eigenvalue weighted by Gasteiger charge is 2.24. The van der Waals surface area contributed by atoms with Crippen molar-refractivity contribution in [1.29, 1.82) is 0 Å². The summed E-state index contributed by atoms with van der Waals surface area (Å²) in [6.45, 7) is 1.73. The Bertz CT molecular complexity index is 1220. The molecule has 1 aliphatic heterocycles. The van der Waals surface area contributed by atoms with Crippen LogP contribution in [0.2, 0.25) is 0 Å². The number of nitrogen functional groups attached to an aromatic ring is 1. The number of rotatable bonds is 5. The molecule has 3 aromatic rings. The van der Waals surface area contributed by atoms with Crippen LogP contribution in [0.15, 0.2) is 18.2 Å². The minimum atomic E-state index is -0.621. The summed E-state index contributed by atoms with van der Waals surface area (Å²) < 4.78 is 15.4. The van der Waals surface area contributed by atoms with Gasteiger partial charge in [0, 0.05) is 42.7 Å². The van der Waals surface area contributed by atoms with E-state index in [-0.39, 0.29) is 11.3 Å². The number of pyridine rings is 1. The van der Waals surface area contributed by atoms with E-state index >= 15 is 0 Å². The van der Waals surface area contributed by atoms with Crippen LogP contribution < -0.4 is 20.5 Å². The van der Waals surface area contributed by atoms with Crippen molar-refractivity contribution < 1.29 is 23.8 Å². The van der Waals surface area contributed by atoms with Gasteiger partial charge in [-0.2, -0.15) is 0 Å². The fraction of sp³-hybridized carbons (Fsp3) is 0.318. The standard InChI is InChI=1S/C22H24N4O5S/c1-26-6-5-14-11(10-26)7-13-18(23)19(32-21(13)25-14)20(27)24-15-9-17(30-3)16(29-2)8-12(15)22(28)31-4/h7-9H,5-6,10,23H2,1-4H3,(H,24,27). The van der Waals surface area contributed by atoms with Gasteiger partial charge in [-0.15, -0.1) is 11.3 Å². The number of methoxy groups -OCH3 is 3. The van der Waals surface area contributed by atoms with Crippen molar-refractivity contribution in [1.82, 2.24) is 9.88 Å². The molecule has 1 amide bonds. The third-order valence-corrected chi connectivity index (χ3v) is 6.56. The lowest BCUT2D eigenvalue weighted by atomic mass is 10.0. The number of aromatic nitrogens is 1. The van der Waals surface area contributed by atoms with Gasteiger partial charge in [-0.3, -0.25) is 4.79 Å². The maximum atomic E-state index is 13.2. The minimum Gasteiger partial charge on any atom is -0.493 e. The first-order chi connectivity index (χ1) is 15.4. The molecule has 10 heteroatoms. The van der Waals surface area contributed by atoms with Gasteiger partial charge in [0.1, 0.15) is 9.71 Å². The maximum Gasteiger partial charge on any atom is 0.340 e. The molecule has 4 rings (SSSR count). The monoisotopic (exact) mass is 456 g/mol. The molecule has 0 fully saturated rings. The van der Waals surface area contributed by atoms with Crippen molar-refractivity contribution in [2.24, 2.45) is 0 Å². The Balaban J connectivity index is 1.72. The van der Waals surface area contributed by atoms with Crippen LogP contribution in [0.1, 0.15) is 31.3 Å². The van der Waals surface area contributed by atoms with Gasteiger partial charge >= 0.3 is 5.97 Å². The number of anilines is 2. The van der Waals surface area contributed by atoms with Crippen molar-refractivity contribution in [3.05, 3.63) is 39.9 Å². The summed E-state index contributed by atoms with van der Waals surface area (Å²) in [4.78, 5) is 33.5. The van der Waals surface area contributed by atoms with Crippen LogP contribution in [0.3, 0.4) is 0 Å². The summed E-state index contributed by atoms with van der Waals surface area (Å²) in [6.07, 6.45) is 0.856. The zero-order chi connectivity index (χ0) is 23.0. The average Bonchev–Trinajstić information content (AvgIpc) is 3.12. The average molecular weight is 457 g/mol. The number of nitrogens with two attached hydrogens (primary N) is 1. The zero-order valence-electron chi connectivity index (χ0n) is 18.3. The normalized spacial score (nSPS) is 13.5. The largest absolute Gasteiger partial charge is 0.493 e.